The van der Waals surface area contributed by atoms with Crippen LogP contribution in [0.25, 0.3) is 0 Å². The van der Waals surface area contributed by atoms with Gasteiger partial charge in [0, 0.05) is 11.9 Å². The number of hydrogen-bond acceptors (Lipinski definition) is 5. The Hall–Kier alpha value is -2.39. The fourth-order valence-corrected chi connectivity index (χ4v) is 5.10. The summed E-state index contributed by atoms with van der Waals surface area (Å²) >= 11 is 0. The van der Waals surface area contributed by atoms with E-state index in [1.54, 1.807) is 13.8 Å². The average molecular weight is 419 g/mol. The number of nitrogens with one attached hydrogen (secondary N) is 2. The lowest BCUT2D eigenvalue weighted by molar-refractivity contribution is 0.0573. The van der Waals surface area contributed by atoms with Gasteiger partial charge in [-0.05, 0) is 80.7 Å². The topological polar surface area (TPSA) is 113 Å². The number of benzene rings is 1. The van der Waals surface area contributed by atoms with Crippen molar-refractivity contribution in [1.82, 2.24) is 14.5 Å². The molecule has 2 aromatic rings. The van der Waals surface area contributed by atoms with Crippen molar-refractivity contribution in [2.45, 2.75) is 69.5 Å². The van der Waals surface area contributed by atoms with Crippen LogP contribution < -0.4 is 10.0 Å². The van der Waals surface area contributed by atoms with Gasteiger partial charge >= 0.3 is 6.03 Å². The Labute approximate surface area is 170 Å². The number of aryl methyl sites for hydroxylation is 2. The zero-order valence-electron chi connectivity index (χ0n) is 16.7. The molecule has 1 aromatic carbocycles. The van der Waals surface area contributed by atoms with Crippen molar-refractivity contribution in [3.63, 3.8) is 0 Å². The molecular formula is C20H26N4O4S. The minimum absolute atomic E-state index is 0.136. The maximum absolute atomic E-state index is 12.6. The molecule has 3 N–H and O–H groups in total. The van der Waals surface area contributed by atoms with E-state index in [9.17, 15) is 18.3 Å². The van der Waals surface area contributed by atoms with Gasteiger partial charge in [0.2, 0.25) is 0 Å². The first kappa shape index (κ1) is 19.9. The molecule has 156 valence electrons. The molecule has 0 fully saturated rings. The minimum Gasteiger partial charge on any atom is -0.389 e. The molecule has 0 saturated heterocycles. The number of hydrogen-bond donors (Lipinski definition) is 3. The number of sulfonamides is 1. The van der Waals surface area contributed by atoms with Gasteiger partial charge in [0.25, 0.3) is 10.0 Å². The quantitative estimate of drug-likeness (QED) is 0.688. The molecule has 4 rings (SSSR count). The summed E-state index contributed by atoms with van der Waals surface area (Å²) in [6.07, 6.45) is 7.34. The summed E-state index contributed by atoms with van der Waals surface area (Å²) in [6.45, 7) is 3.34. The molecule has 2 amide bonds. The summed E-state index contributed by atoms with van der Waals surface area (Å²) in [4.78, 5) is 12.6. The highest BCUT2D eigenvalue weighted by Crippen LogP contribution is 2.38. The molecule has 0 atom stereocenters. The number of rotatable bonds is 5. The van der Waals surface area contributed by atoms with Crippen LogP contribution in [0.2, 0.25) is 0 Å². The van der Waals surface area contributed by atoms with E-state index < -0.39 is 21.7 Å². The van der Waals surface area contributed by atoms with Crippen LogP contribution >= 0.6 is 0 Å². The highest BCUT2D eigenvalue weighted by atomic mass is 32.2. The number of aromatic nitrogens is 2. The molecule has 9 heteroatoms. The Balaban J connectivity index is 1.52. The second-order valence-electron chi connectivity index (χ2n) is 8.46. The van der Waals surface area contributed by atoms with Crippen LogP contribution in [0.5, 0.6) is 0 Å². The van der Waals surface area contributed by atoms with Gasteiger partial charge in [-0.1, -0.05) is 6.07 Å². The van der Waals surface area contributed by atoms with E-state index in [-0.39, 0.29) is 11.6 Å². The van der Waals surface area contributed by atoms with Crippen molar-refractivity contribution in [3.8, 4) is 0 Å². The van der Waals surface area contributed by atoms with Gasteiger partial charge in [-0.2, -0.15) is 13.5 Å². The maximum atomic E-state index is 12.6. The summed E-state index contributed by atoms with van der Waals surface area (Å²) in [7, 11) is -4.12. The Kier molecular flexibility index (Phi) is 4.90. The molecule has 0 aliphatic heterocycles. The number of aliphatic hydroxyl groups is 1. The molecule has 0 unspecified atom stereocenters. The van der Waals surface area contributed by atoms with Gasteiger partial charge < -0.3 is 10.4 Å². The van der Waals surface area contributed by atoms with Crippen molar-refractivity contribution in [2.24, 2.45) is 0 Å². The van der Waals surface area contributed by atoms with Crippen LogP contribution in [0.1, 0.15) is 48.9 Å². The monoisotopic (exact) mass is 418 g/mol. The van der Waals surface area contributed by atoms with Crippen LogP contribution in [-0.2, 0) is 42.3 Å². The fourth-order valence-electron chi connectivity index (χ4n) is 4.25. The first-order valence-corrected chi connectivity index (χ1v) is 11.4. The number of carbonyl (C=O) groups excluding carboxylic acids is 1. The van der Waals surface area contributed by atoms with E-state index in [1.165, 1.54) is 28.1 Å². The molecule has 0 radical (unpaired) electrons. The highest BCUT2D eigenvalue weighted by Gasteiger charge is 2.27. The second-order valence-corrected chi connectivity index (χ2v) is 10.1. The lowest BCUT2D eigenvalue weighted by atomic mass is 9.99. The molecule has 1 heterocycles. The molecule has 8 nitrogen and oxygen atoms in total. The summed E-state index contributed by atoms with van der Waals surface area (Å²) in [6, 6.07) is 2.77. The number of carbonyl (C=O) groups is 1. The summed E-state index contributed by atoms with van der Waals surface area (Å²) in [5.41, 5.74) is 4.53. The predicted octanol–water partition coefficient (Wildman–Crippen LogP) is 2.14. The van der Waals surface area contributed by atoms with Crippen molar-refractivity contribution >= 4 is 21.7 Å². The number of amides is 2. The second kappa shape index (κ2) is 7.14. The predicted molar refractivity (Wildman–Crippen MR) is 108 cm³/mol. The van der Waals surface area contributed by atoms with Gasteiger partial charge in [0.15, 0.2) is 5.03 Å². The Morgan fingerprint density at radius 1 is 1.17 bits per heavy atom. The number of nitrogens with zero attached hydrogens (tertiary/aromatic N) is 2. The van der Waals surface area contributed by atoms with Crippen molar-refractivity contribution in [3.05, 3.63) is 40.6 Å². The van der Waals surface area contributed by atoms with E-state index in [4.69, 9.17) is 0 Å². The molecule has 0 bridgehead atoms. The summed E-state index contributed by atoms with van der Waals surface area (Å²) in [5, 5.41) is 16.4. The van der Waals surface area contributed by atoms with Gasteiger partial charge in [-0.15, -0.1) is 0 Å². The zero-order chi connectivity index (χ0) is 20.8. The van der Waals surface area contributed by atoms with Gasteiger partial charge in [-0.3, -0.25) is 4.68 Å². The van der Waals surface area contributed by atoms with E-state index in [2.05, 4.69) is 21.2 Å². The van der Waals surface area contributed by atoms with E-state index in [0.717, 1.165) is 55.3 Å². The number of fused-ring (bicyclic) bond motifs is 2. The van der Waals surface area contributed by atoms with E-state index in [0.29, 0.717) is 0 Å². The molecule has 2 aliphatic rings. The Morgan fingerprint density at radius 3 is 2.38 bits per heavy atom. The highest BCUT2D eigenvalue weighted by molar-refractivity contribution is 7.90. The maximum Gasteiger partial charge on any atom is 0.333 e. The zero-order valence-corrected chi connectivity index (χ0v) is 17.5. The fraction of sp³-hybridized carbons (Fsp3) is 0.500. The van der Waals surface area contributed by atoms with Gasteiger partial charge in [0.1, 0.15) is 0 Å². The van der Waals surface area contributed by atoms with Crippen LogP contribution in [-0.4, -0.2) is 34.9 Å². The third-order valence-electron chi connectivity index (χ3n) is 5.38. The van der Waals surface area contributed by atoms with Crippen LogP contribution in [0, 0.1) is 0 Å². The first-order valence-electron chi connectivity index (χ1n) is 9.88. The molecular weight excluding hydrogens is 392 g/mol. The minimum atomic E-state index is -4.12. The third-order valence-corrected chi connectivity index (χ3v) is 6.60. The van der Waals surface area contributed by atoms with Gasteiger partial charge in [0.05, 0.1) is 12.1 Å². The van der Waals surface area contributed by atoms with E-state index >= 15 is 0 Å². The number of anilines is 1. The lowest BCUT2D eigenvalue weighted by Crippen LogP contribution is -2.35. The molecule has 0 spiro atoms. The lowest BCUT2D eigenvalue weighted by Gasteiger charge is -2.17. The van der Waals surface area contributed by atoms with Gasteiger partial charge in [-0.25, -0.2) is 9.52 Å². The summed E-state index contributed by atoms with van der Waals surface area (Å²) < 4.78 is 28.5. The van der Waals surface area contributed by atoms with Crippen molar-refractivity contribution in [1.29, 1.82) is 0 Å². The molecule has 0 saturated carbocycles. The van der Waals surface area contributed by atoms with Crippen molar-refractivity contribution < 1.29 is 18.3 Å². The van der Waals surface area contributed by atoms with E-state index in [1.807, 2.05) is 0 Å². The first-order chi connectivity index (χ1) is 13.6. The van der Waals surface area contributed by atoms with Crippen LogP contribution in [0.3, 0.4) is 0 Å². The smallest absolute Gasteiger partial charge is 0.333 e. The normalized spacial score (nSPS) is 15.8. The van der Waals surface area contributed by atoms with Crippen molar-refractivity contribution in [2.75, 3.05) is 5.32 Å². The SMILES string of the molecule is CC(C)(O)Cn1ccc(S(=O)(=O)NC(=O)Nc2c3c(cc4c2CCC4)CCC3)n1. The Bertz CT molecular complexity index is 1030. The molecule has 29 heavy (non-hydrogen) atoms. The molecule has 1 aromatic heterocycles. The average Bonchev–Trinajstić information content (AvgIpc) is 3.31. The number of urea groups is 1. The third kappa shape index (κ3) is 4.16. The largest absolute Gasteiger partial charge is 0.389 e. The van der Waals surface area contributed by atoms with Crippen LogP contribution in [0.15, 0.2) is 23.4 Å². The molecule has 2 aliphatic carbocycles. The van der Waals surface area contributed by atoms with Crippen LogP contribution in [0.4, 0.5) is 10.5 Å². The standard InChI is InChI=1S/C20H26N4O4S/c1-20(2,26)12-24-10-9-17(22-24)29(27,28)23-19(25)21-18-15-7-3-5-13(15)11-14-6-4-8-16(14)18/h9-11,26H,3-8,12H2,1-2H3,(H2,21,23,25). The Morgan fingerprint density at radius 2 is 1.79 bits per heavy atom. The summed E-state index contributed by atoms with van der Waals surface area (Å²) in [5.74, 6) is 0.